The number of ether oxygens (including phenoxy) is 1. The van der Waals surface area contributed by atoms with Crippen molar-refractivity contribution in [2.75, 3.05) is 23.8 Å². The highest BCUT2D eigenvalue weighted by Gasteiger charge is 2.37. The van der Waals surface area contributed by atoms with Crippen LogP contribution in [-0.4, -0.2) is 56.0 Å². The number of amides is 1. The Balaban J connectivity index is 1.51. The van der Waals surface area contributed by atoms with Crippen molar-refractivity contribution >= 4 is 28.4 Å². The fourth-order valence-electron chi connectivity index (χ4n) is 3.97. The Morgan fingerprint density at radius 3 is 2.48 bits per heavy atom. The topological polar surface area (TPSA) is 122 Å². The van der Waals surface area contributed by atoms with Crippen LogP contribution in [0.3, 0.4) is 0 Å². The lowest BCUT2D eigenvalue weighted by Gasteiger charge is -2.17. The summed E-state index contributed by atoms with van der Waals surface area (Å²) in [6, 6.07) is 18.9. The second kappa shape index (κ2) is 8.99. The highest BCUT2D eigenvalue weighted by molar-refractivity contribution is 6.02. The summed E-state index contributed by atoms with van der Waals surface area (Å²) in [4.78, 5) is 21.3. The minimum atomic E-state index is -1.09. The van der Waals surface area contributed by atoms with Gasteiger partial charge >= 0.3 is 0 Å². The monoisotopic (exact) mass is 445 g/mol. The van der Waals surface area contributed by atoms with Gasteiger partial charge in [-0.25, -0.2) is 9.97 Å². The van der Waals surface area contributed by atoms with Crippen molar-refractivity contribution in [2.45, 2.75) is 18.4 Å². The highest BCUT2D eigenvalue weighted by atomic mass is 16.5. The first-order valence-electron chi connectivity index (χ1n) is 10.6. The number of para-hydroxylation sites is 1. The van der Waals surface area contributed by atoms with E-state index in [-0.39, 0.29) is 19.1 Å². The quantitative estimate of drug-likeness (QED) is 0.360. The van der Waals surface area contributed by atoms with Gasteiger partial charge in [-0.1, -0.05) is 48.5 Å². The second-order valence-electron chi connectivity index (χ2n) is 7.79. The molecule has 5 rings (SSSR count). The summed E-state index contributed by atoms with van der Waals surface area (Å²) in [6.07, 6.45) is 0.364. The summed E-state index contributed by atoms with van der Waals surface area (Å²) in [7, 11) is 0. The lowest BCUT2D eigenvalue weighted by Crippen LogP contribution is -2.28. The minimum Gasteiger partial charge on any atom is -0.388 e. The van der Waals surface area contributed by atoms with Crippen LogP contribution < -0.4 is 10.6 Å². The molecule has 0 saturated carbocycles. The number of hydrogen-bond acceptors (Lipinski definition) is 7. The summed E-state index contributed by atoms with van der Waals surface area (Å²) in [5.74, 6) is 0.264. The first kappa shape index (κ1) is 21.1. The average Bonchev–Trinajstić information content (AvgIpc) is 3.39. The van der Waals surface area contributed by atoms with Crippen molar-refractivity contribution in [3.8, 4) is 11.1 Å². The molecule has 0 unspecified atom stereocenters. The molecule has 2 aromatic carbocycles. The van der Waals surface area contributed by atoms with Crippen molar-refractivity contribution in [1.29, 1.82) is 0 Å². The van der Waals surface area contributed by atoms with Crippen LogP contribution in [0.2, 0.25) is 0 Å². The van der Waals surface area contributed by atoms with Gasteiger partial charge in [0.25, 0.3) is 0 Å². The lowest BCUT2D eigenvalue weighted by atomic mass is 10.1. The molecule has 0 bridgehead atoms. The summed E-state index contributed by atoms with van der Waals surface area (Å²) < 4.78 is 7.35. The van der Waals surface area contributed by atoms with Crippen molar-refractivity contribution in [3.63, 3.8) is 0 Å². The van der Waals surface area contributed by atoms with E-state index in [2.05, 4.69) is 20.6 Å². The number of carbonyl (C=O) groups is 1. The first-order valence-corrected chi connectivity index (χ1v) is 10.6. The predicted molar refractivity (Wildman–Crippen MR) is 124 cm³/mol. The van der Waals surface area contributed by atoms with Gasteiger partial charge in [0.1, 0.15) is 30.0 Å². The van der Waals surface area contributed by atoms with Crippen molar-refractivity contribution in [1.82, 2.24) is 14.5 Å². The fraction of sp³-hybridized carbons (Fsp3) is 0.208. The molecule has 33 heavy (non-hydrogen) atoms. The zero-order valence-electron chi connectivity index (χ0n) is 17.6. The Bertz CT molecular complexity index is 1260. The number of nitrogens with one attached hydrogen (secondary N) is 2. The summed E-state index contributed by atoms with van der Waals surface area (Å²) >= 11 is 0. The molecule has 3 atom stereocenters. The van der Waals surface area contributed by atoms with Gasteiger partial charge in [0.15, 0.2) is 6.23 Å². The molecule has 168 valence electrons. The van der Waals surface area contributed by atoms with Gasteiger partial charge in [0, 0.05) is 17.4 Å². The van der Waals surface area contributed by atoms with Gasteiger partial charge in [0.05, 0.1) is 18.5 Å². The molecule has 9 nitrogen and oxygen atoms in total. The molecule has 0 spiro atoms. The number of carbonyl (C=O) groups excluding carboxylic acids is 1. The Labute approximate surface area is 189 Å². The summed E-state index contributed by atoms with van der Waals surface area (Å²) in [5.41, 5.74) is 2.96. The van der Waals surface area contributed by atoms with E-state index in [1.54, 1.807) is 4.57 Å². The molecule has 4 aromatic rings. The van der Waals surface area contributed by atoms with E-state index >= 15 is 0 Å². The van der Waals surface area contributed by atoms with Crippen molar-refractivity contribution in [2.24, 2.45) is 0 Å². The molecule has 2 aromatic heterocycles. The molecule has 1 aliphatic rings. The summed E-state index contributed by atoms with van der Waals surface area (Å²) in [6.45, 7) is 0.0315. The van der Waals surface area contributed by atoms with E-state index in [1.165, 1.54) is 6.33 Å². The second-order valence-corrected chi connectivity index (χ2v) is 7.79. The maximum absolute atomic E-state index is 12.5. The fourth-order valence-corrected chi connectivity index (χ4v) is 3.97. The number of aliphatic hydroxyl groups excluding tert-OH is 2. The van der Waals surface area contributed by atoms with Gasteiger partial charge in [-0.05, 0) is 17.7 Å². The lowest BCUT2D eigenvalue weighted by molar-refractivity contribution is -0.114. The van der Waals surface area contributed by atoms with Gasteiger partial charge in [0.2, 0.25) is 5.91 Å². The van der Waals surface area contributed by atoms with Gasteiger partial charge in [-0.15, -0.1) is 0 Å². The molecule has 9 heteroatoms. The molecule has 0 aliphatic carbocycles. The molecule has 1 saturated heterocycles. The van der Waals surface area contributed by atoms with E-state index in [0.29, 0.717) is 22.5 Å². The third-order valence-electron chi connectivity index (χ3n) is 5.57. The zero-order valence-corrected chi connectivity index (χ0v) is 17.6. The zero-order chi connectivity index (χ0) is 22.8. The van der Waals surface area contributed by atoms with E-state index in [0.717, 1.165) is 11.1 Å². The number of nitrogens with zero attached hydrogens (tertiary/aromatic N) is 3. The summed E-state index contributed by atoms with van der Waals surface area (Å²) in [5, 5.41) is 27.0. The van der Waals surface area contributed by atoms with Gasteiger partial charge in [-0.2, -0.15) is 0 Å². The molecule has 1 fully saturated rings. The number of anilines is 2. The van der Waals surface area contributed by atoms with Crippen LogP contribution in [0.25, 0.3) is 22.2 Å². The van der Waals surface area contributed by atoms with Crippen LogP contribution in [0.1, 0.15) is 6.23 Å². The Kier molecular flexibility index (Phi) is 5.74. The van der Waals surface area contributed by atoms with Crippen LogP contribution in [0, 0.1) is 0 Å². The van der Waals surface area contributed by atoms with Gasteiger partial charge in [-0.3, -0.25) is 4.79 Å². The number of hydrogen-bond donors (Lipinski definition) is 4. The van der Waals surface area contributed by atoms with Crippen LogP contribution in [-0.2, 0) is 9.53 Å². The molecule has 1 aliphatic heterocycles. The van der Waals surface area contributed by atoms with E-state index in [1.807, 2.05) is 66.9 Å². The molecular weight excluding hydrogens is 422 g/mol. The van der Waals surface area contributed by atoms with Crippen LogP contribution in [0.4, 0.5) is 11.5 Å². The van der Waals surface area contributed by atoms with E-state index < -0.39 is 18.4 Å². The number of rotatable bonds is 6. The number of aromatic nitrogens is 3. The SMILES string of the molecule is O=C(CNc1ncnc2c1c(-c1ccccc1)cn2[C@@H]1OC[C@@H](O)[C@H]1O)Nc1ccccc1. The molecule has 4 N–H and O–H groups in total. The van der Waals surface area contributed by atoms with E-state index in [4.69, 9.17) is 4.74 Å². The third kappa shape index (κ3) is 4.17. The van der Waals surface area contributed by atoms with E-state index in [9.17, 15) is 15.0 Å². The molecule has 0 radical (unpaired) electrons. The maximum Gasteiger partial charge on any atom is 0.243 e. The van der Waals surface area contributed by atoms with Crippen molar-refractivity contribution in [3.05, 3.63) is 73.2 Å². The smallest absolute Gasteiger partial charge is 0.243 e. The largest absolute Gasteiger partial charge is 0.388 e. The maximum atomic E-state index is 12.5. The molecular formula is C24H23N5O4. The third-order valence-corrected chi connectivity index (χ3v) is 5.57. The van der Waals surface area contributed by atoms with Crippen LogP contribution in [0.5, 0.6) is 0 Å². The highest BCUT2D eigenvalue weighted by Crippen LogP contribution is 2.37. The predicted octanol–water partition coefficient (Wildman–Crippen LogP) is 2.40. The molecule has 1 amide bonds. The van der Waals surface area contributed by atoms with Gasteiger partial charge < -0.3 is 30.2 Å². The average molecular weight is 445 g/mol. The Hall–Kier alpha value is -3.79. The standard InChI is InChI=1S/C24H23N5O4/c30-18-13-33-24(21(18)32)29-12-17(15-7-3-1-4-8-15)20-22(26-14-27-23(20)29)25-11-19(31)28-16-9-5-2-6-10-16/h1-10,12,14,18,21,24,30,32H,11,13H2,(H,28,31)(H,25,26,27)/t18-,21-,24-/m1/s1. The minimum absolute atomic E-state index is 0.00167. The normalized spacial score (nSPS) is 20.1. The van der Waals surface area contributed by atoms with Crippen molar-refractivity contribution < 1.29 is 19.7 Å². The Morgan fingerprint density at radius 1 is 1.06 bits per heavy atom. The Morgan fingerprint density at radius 2 is 1.79 bits per heavy atom. The number of fused-ring (bicyclic) bond motifs is 1. The number of benzene rings is 2. The number of aliphatic hydroxyl groups is 2. The first-order chi connectivity index (χ1) is 16.1. The van der Waals surface area contributed by atoms with Crippen LogP contribution in [0.15, 0.2) is 73.2 Å². The molecule has 3 heterocycles. The van der Waals surface area contributed by atoms with Crippen LogP contribution >= 0.6 is 0 Å².